The van der Waals surface area contributed by atoms with Gasteiger partial charge in [0, 0.05) is 19.0 Å². The van der Waals surface area contributed by atoms with Gasteiger partial charge in [0.05, 0.1) is 18.8 Å². The van der Waals surface area contributed by atoms with Gasteiger partial charge in [-0.15, -0.1) is 0 Å². The summed E-state index contributed by atoms with van der Waals surface area (Å²) in [5, 5.41) is 18.5. The average molecular weight is 283 g/mol. The van der Waals surface area contributed by atoms with Gasteiger partial charge in [-0.3, -0.25) is 4.79 Å². The number of hydrogen-bond acceptors (Lipinski definition) is 4. The van der Waals surface area contributed by atoms with Crippen LogP contribution in [0.25, 0.3) is 0 Å². The first-order chi connectivity index (χ1) is 9.43. The third-order valence-corrected chi connectivity index (χ3v) is 3.23. The lowest BCUT2D eigenvalue weighted by Crippen LogP contribution is -2.40. The molecule has 0 radical (unpaired) electrons. The second-order valence-corrected chi connectivity index (χ2v) is 4.55. The molecule has 0 bridgehead atoms. The van der Waals surface area contributed by atoms with E-state index in [2.05, 4.69) is 0 Å². The van der Waals surface area contributed by atoms with E-state index in [-0.39, 0.29) is 24.3 Å². The largest absolute Gasteiger partial charge is 0.497 e. The molecular weight excluding hydrogens is 269 g/mol. The minimum Gasteiger partial charge on any atom is -0.497 e. The first-order valence-electron chi connectivity index (χ1n) is 5.99. The number of nitrogens with zero attached hydrogens (tertiary/aromatic N) is 1. The van der Waals surface area contributed by atoms with Crippen molar-refractivity contribution >= 4 is 11.9 Å². The zero-order valence-electron chi connectivity index (χ0n) is 10.7. The van der Waals surface area contributed by atoms with Crippen LogP contribution < -0.4 is 4.74 Å². The number of ether oxygens (including phenoxy) is 1. The van der Waals surface area contributed by atoms with Gasteiger partial charge in [-0.25, -0.2) is 9.18 Å². The number of carbonyl (C=O) groups is 2. The molecule has 1 aromatic carbocycles. The number of β-amino-alcohol motifs (C(OH)–C–C–N with tert-alkyl or cyclic N) is 1. The van der Waals surface area contributed by atoms with Crippen molar-refractivity contribution in [2.24, 2.45) is 0 Å². The van der Waals surface area contributed by atoms with Gasteiger partial charge in [-0.05, 0) is 12.1 Å². The summed E-state index contributed by atoms with van der Waals surface area (Å²) in [5.41, 5.74) is -0.244. The second-order valence-electron chi connectivity index (χ2n) is 4.55. The standard InChI is InChI=1S/C13H14FNO5/c1-20-8-2-3-9(10(14)5-8)12(17)15-6-7(16)4-11(15)13(18)19/h2-3,5,7,11,16H,4,6H2,1H3,(H,18,19)/t7-,11-/m0/s1. The maximum atomic E-state index is 13.8. The molecule has 20 heavy (non-hydrogen) atoms. The van der Waals surface area contributed by atoms with Crippen LogP contribution in [0, 0.1) is 5.82 Å². The molecule has 1 aliphatic heterocycles. The topological polar surface area (TPSA) is 87.1 Å². The van der Waals surface area contributed by atoms with Crippen molar-refractivity contribution in [2.45, 2.75) is 18.6 Å². The molecule has 108 valence electrons. The van der Waals surface area contributed by atoms with Gasteiger partial charge in [0.2, 0.25) is 0 Å². The number of aliphatic hydroxyl groups is 1. The molecule has 1 saturated heterocycles. The summed E-state index contributed by atoms with van der Waals surface area (Å²) in [6.45, 7) is -0.124. The number of carboxylic acid groups (broad SMARTS) is 1. The number of rotatable bonds is 3. The molecule has 1 aliphatic rings. The number of amides is 1. The Morgan fingerprint density at radius 2 is 2.15 bits per heavy atom. The Balaban J connectivity index is 2.29. The summed E-state index contributed by atoms with van der Waals surface area (Å²) in [5.74, 6) is -2.51. The number of carbonyl (C=O) groups excluding carboxylic acids is 1. The lowest BCUT2D eigenvalue weighted by molar-refractivity contribution is -0.141. The predicted molar refractivity (Wildman–Crippen MR) is 66.0 cm³/mol. The molecule has 1 aromatic rings. The third-order valence-electron chi connectivity index (χ3n) is 3.23. The molecule has 1 amide bonds. The Labute approximate surface area is 114 Å². The molecule has 1 fully saturated rings. The zero-order chi connectivity index (χ0) is 14.9. The van der Waals surface area contributed by atoms with E-state index >= 15 is 0 Å². The molecule has 0 aliphatic carbocycles. The molecule has 0 unspecified atom stereocenters. The number of benzene rings is 1. The molecule has 0 aromatic heterocycles. The fraction of sp³-hybridized carbons (Fsp3) is 0.385. The van der Waals surface area contributed by atoms with Gasteiger partial charge in [0.1, 0.15) is 17.6 Å². The highest BCUT2D eigenvalue weighted by molar-refractivity contribution is 5.97. The highest BCUT2D eigenvalue weighted by Gasteiger charge is 2.39. The molecule has 2 rings (SSSR count). The van der Waals surface area contributed by atoms with Crippen molar-refractivity contribution < 1.29 is 28.9 Å². The average Bonchev–Trinajstić information content (AvgIpc) is 2.80. The molecule has 7 heteroatoms. The summed E-state index contributed by atoms with van der Waals surface area (Å²) in [7, 11) is 1.37. The molecule has 6 nitrogen and oxygen atoms in total. The number of methoxy groups -OCH3 is 1. The lowest BCUT2D eigenvalue weighted by atomic mass is 10.1. The lowest BCUT2D eigenvalue weighted by Gasteiger charge is -2.21. The van der Waals surface area contributed by atoms with Crippen LogP contribution in [0.1, 0.15) is 16.8 Å². The number of carboxylic acids is 1. The van der Waals surface area contributed by atoms with E-state index in [0.717, 1.165) is 11.0 Å². The number of likely N-dealkylation sites (tertiary alicyclic amines) is 1. The van der Waals surface area contributed by atoms with Crippen LogP contribution >= 0.6 is 0 Å². The Bertz CT molecular complexity index is 548. The summed E-state index contributed by atoms with van der Waals surface area (Å²) in [4.78, 5) is 24.2. The Hall–Kier alpha value is -2.15. The smallest absolute Gasteiger partial charge is 0.326 e. The Kier molecular flexibility index (Phi) is 3.89. The molecule has 0 spiro atoms. The van der Waals surface area contributed by atoms with Crippen LogP contribution in [0.15, 0.2) is 18.2 Å². The Morgan fingerprint density at radius 3 is 2.70 bits per heavy atom. The first-order valence-corrected chi connectivity index (χ1v) is 5.99. The van der Waals surface area contributed by atoms with E-state index in [4.69, 9.17) is 9.84 Å². The summed E-state index contributed by atoms with van der Waals surface area (Å²) in [6.07, 6.45) is -0.972. The van der Waals surface area contributed by atoms with Crippen molar-refractivity contribution in [3.05, 3.63) is 29.6 Å². The summed E-state index contributed by atoms with van der Waals surface area (Å²) < 4.78 is 18.7. The maximum Gasteiger partial charge on any atom is 0.326 e. The van der Waals surface area contributed by atoms with E-state index < -0.39 is 29.8 Å². The minimum absolute atomic E-state index is 0.0567. The molecule has 2 N–H and O–H groups in total. The van der Waals surface area contributed by atoms with Crippen LogP contribution in [-0.2, 0) is 4.79 Å². The predicted octanol–water partition coefficient (Wildman–Crippen LogP) is 0.494. The number of aliphatic carboxylic acids is 1. The van der Waals surface area contributed by atoms with E-state index in [1.807, 2.05) is 0 Å². The zero-order valence-corrected chi connectivity index (χ0v) is 10.7. The van der Waals surface area contributed by atoms with Gasteiger partial charge in [0.25, 0.3) is 5.91 Å². The molecule has 0 saturated carbocycles. The summed E-state index contributed by atoms with van der Waals surface area (Å²) in [6, 6.07) is 2.56. The van der Waals surface area contributed by atoms with Gasteiger partial charge >= 0.3 is 5.97 Å². The van der Waals surface area contributed by atoms with Crippen LogP contribution in [0.4, 0.5) is 4.39 Å². The highest BCUT2D eigenvalue weighted by Crippen LogP contribution is 2.23. The SMILES string of the molecule is COc1ccc(C(=O)N2C[C@@H](O)C[C@H]2C(=O)O)c(F)c1. The first kappa shape index (κ1) is 14.3. The molecular formula is C13H14FNO5. The second kappa shape index (κ2) is 5.46. The number of halogens is 1. The highest BCUT2D eigenvalue weighted by atomic mass is 19.1. The maximum absolute atomic E-state index is 13.8. The quantitative estimate of drug-likeness (QED) is 0.843. The normalized spacial score (nSPS) is 21.9. The number of hydrogen-bond donors (Lipinski definition) is 2. The van der Waals surface area contributed by atoms with Crippen LogP contribution in [-0.4, -0.2) is 52.8 Å². The van der Waals surface area contributed by atoms with Crippen molar-refractivity contribution in [1.82, 2.24) is 4.90 Å². The Morgan fingerprint density at radius 1 is 1.45 bits per heavy atom. The van der Waals surface area contributed by atoms with E-state index in [0.29, 0.717) is 0 Å². The van der Waals surface area contributed by atoms with Crippen LogP contribution in [0.3, 0.4) is 0 Å². The van der Waals surface area contributed by atoms with Crippen molar-refractivity contribution in [2.75, 3.05) is 13.7 Å². The van der Waals surface area contributed by atoms with Crippen molar-refractivity contribution in [1.29, 1.82) is 0 Å². The minimum atomic E-state index is -1.22. The van der Waals surface area contributed by atoms with Gasteiger partial charge in [-0.1, -0.05) is 0 Å². The monoisotopic (exact) mass is 283 g/mol. The van der Waals surface area contributed by atoms with E-state index in [1.165, 1.54) is 19.2 Å². The van der Waals surface area contributed by atoms with Crippen molar-refractivity contribution in [3.8, 4) is 5.75 Å². The van der Waals surface area contributed by atoms with Crippen molar-refractivity contribution in [3.63, 3.8) is 0 Å². The van der Waals surface area contributed by atoms with E-state index in [1.54, 1.807) is 0 Å². The van der Waals surface area contributed by atoms with Gasteiger partial charge in [-0.2, -0.15) is 0 Å². The molecule has 1 heterocycles. The van der Waals surface area contributed by atoms with Gasteiger partial charge < -0.3 is 19.8 Å². The van der Waals surface area contributed by atoms with Crippen LogP contribution in [0.2, 0.25) is 0 Å². The summed E-state index contributed by atoms with van der Waals surface area (Å²) >= 11 is 0. The third kappa shape index (κ3) is 2.57. The number of aliphatic hydroxyl groups excluding tert-OH is 1. The molecule has 2 atom stereocenters. The fourth-order valence-electron chi connectivity index (χ4n) is 2.22. The van der Waals surface area contributed by atoms with Crippen LogP contribution in [0.5, 0.6) is 5.75 Å². The fourth-order valence-corrected chi connectivity index (χ4v) is 2.22. The van der Waals surface area contributed by atoms with Gasteiger partial charge in [0.15, 0.2) is 0 Å². The van der Waals surface area contributed by atoms with E-state index in [9.17, 15) is 19.1 Å².